The summed E-state index contributed by atoms with van der Waals surface area (Å²) in [6.07, 6.45) is 3.34. The quantitative estimate of drug-likeness (QED) is 0.758. The molecule has 0 aromatic heterocycles. The van der Waals surface area contributed by atoms with Crippen molar-refractivity contribution in [1.82, 2.24) is 0 Å². The Kier molecular flexibility index (Phi) is 4.26. The lowest BCUT2D eigenvalue weighted by molar-refractivity contribution is 0.151. The summed E-state index contributed by atoms with van der Waals surface area (Å²) in [5.74, 6) is 0.887. The largest absolute Gasteiger partial charge is 0.487 e. The van der Waals surface area contributed by atoms with Gasteiger partial charge in [0.15, 0.2) is 0 Å². The fraction of sp³-hybridized carbons (Fsp3) is 0.368. The van der Waals surface area contributed by atoms with Crippen molar-refractivity contribution in [3.63, 3.8) is 0 Å². The van der Waals surface area contributed by atoms with Crippen molar-refractivity contribution in [2.75, 3.05) is 6.61 Å². The van der Waals surface area contributed by atoms with Crippen LogP contribution in [-0.4, -0.2) is 21.1 Å². The minimum absolute atomic E-state index is 0.00270. The lowest BCUT2D eigenvalue weighted by Crippen LogP contribution is -2.23. The van der Waals surface area contributed by atoms with Crippen molar-refractivity contribution < 1.29 is 17.3 Å². The fourth-order valence-electron chi connectivity index (χ4n) is 3.54. The summed E-state index contributed by atoms with van der Waals surface area (Å²) in [6, 6.07) is 8.57. The van der Waals surface area contributed by atoms with Gasteiger partial charge in [0.25, 0.3) is 10.1 Å². The van der Waals surface area contributed by atoms with Crippen molar-refractivity contribution in [2.45, 2.75) is 43.6 Å². The maximum absolute atomic E-state index is 12.3. The van der Waals surface area contributed by atoms with Crippen LogP contribution in [0.25, 0.3) is 0 Å². The second-order valence-electron chi connectivity index (χ2n) is 6.65. The van der Waals surface area contributed by atoms with Crippen LogP contribution in [0.1, 0.15) is 28.7 Å². The number of ether oxygens (including phenoxy) is 1. The highest BCUT2D eigenvalue weighted by Crippen LogP contribution is 2.42. The highest BCUT2D eigenvalue weighted by atomic mass is 35.5. The maximum atomic E-state index is 12.3. The second kappa shape index (κ2) is 6.31. The number of rotatable bonds is 4. The summed E-state index contributed by atoms with van der Waals surface area (Å²) < 4.78 is 35.9. The van der Waals surface area contributed by atoms with Gasteiger partial charge in [-0.15, -0.1) is 0 Å². The third kappa shape index (κ3) is 3.16. The number of aryl methyl sites for hydroxylation is 1. The molecule has 1 heterocycles. The molecule has 0 N–H and O–H groups in total. The van der Waals surface area contributed by atoms with E-state index in [1.54, 1.807) is 24.3 Å². The zero-order valence-corrected chi connectivity index (χ0v) is 15.5. The molecule has 4 rings (SSSR count). The van der Waals surface area contributed by atoms with Crippen LogP contribution in [-0.2, 0) is 33.6 Å². The smallest absolute Gasteiger partial charge is 0.297 e. The molecule has 0 bridgehead atoms. The van der Waals surface area contributed by atoms with Crippen LogP contribution in [0.3, 0.4) is 0 Å². The highest BCUT2D eigenvalue weighted by Gasteiger charge is 2.31. The Balaban J connectivity index is 1.47. The standard InChI is InChI=1S/C19H19ClO4S/c1-12-5-7-15(8-6-12)25(21,22)23-11-14-9-13-10-18(20)16-3-2-4-17(16)19(13)24-14/h5-8,10,14H,2-4,9,11H2,1H3. The molecule has 1 atom stereocenters. The molecule has 2 aromatic carbocycles. The maximum Gasteiger partial charge on any atom is 0.297 e. The summed E-state index contributed by atoms with van der Waals surface area (Å²) in [6.45, 7) is 1.90. The van der Waals surface area contributed by atoms with Crippen LogP contribution in [0.4, 0.5) is 0 Å². The summed E-state index contributed by atoms with van der Waals surface area (Å²) in [5, 5.41) is 0.795. The summed E-state index contributed by atoms with van der Waals surface area (Å²) in [7, 11) is -3.78. The lowest BCUT2D eigenvalue weighted by atomic mass is 10.0. The molecule has 0 saturated carbocycles. The molecule has 2 aromatic rings. The van der Waals surface area contributed by atoms with Gasteiger partial charge in [0, 0.05) is 11.4 Å². The van der Waals surface area contributed by atoms with Gasteiger partial charge in [0.05, 0.1) is 4.90 Å². The molecule has 1 aliphatic heterocycles. The Bertz CT molecular complexity index is 919. The van der Waals surface area contributed by atoms with Gasteiger partial charge in [-0.05, 0) is 61.1 Å². The van der Waals surface area contributed by atoms with E-state index in [1.165, 1.54) is 11.1 Å². The molecule has 0 amide bonds. The van der Waals surface area contributed by atoms with E-state index < -0.39 is 10.1 Å². The van der Waals surface area contributed by atoms with E-state index in [9.17, 15) is 8.42 Å². The number of benzene rings is 2. The van der Waals surface area contributed by atoms with Crippen LogP contribution in [0.2, 0.25) is 5.02 Å². The minimum Gasteiger partial charge on any atom is -0.487 e. The van der Waals surface area contributed by atoms with E-state index in [1.807, 2.05) is 13.0 Å². The number of hydrogen-bond acceptors (Lipinski definition) is 4. The van der Waals surface area contributed by atoms with Crippen molar-refractivity contribution in [1.29, 1.82) is 0 Å². The molecule has 0 spiro atoms. The lowest BCUT2D eigenvalue weighted by Gasteiger charge is -2.13. The van der Waals surface area contributed by atoms with Gasteiger partial charge in [-0.1, -0.05) is 29.3 Å². The SMILES string of the molecule is Cc1ccc(S(=O)(=O)OCC2Cc3cc(Cl)c4c(c3O2)CCC4)cc1. The molecule has 6 heteroatoms. The molecule has 1 aliphatic carbocycles. The molecule has 25 heavy (non-hydrogen) atoms. The Morgan fingerprint density at radius 2 is 1.92 bits per heavy atom. The van der Waals surface area contributed by atoms with E-state index >= 15 is 0 Å². The summed E-state index contributed by atoms with van der Waals surface area (Å²) in [5.41, 5.74) is 4.41. The monoisotopic (exact) mass is 378 g/mol. The Labute approximate surface area is 152 Å². The van der Waals surface area contributed by atoms with Gasteiger partial charge in [0.2, 0.25) is 0 Å². The zero-order chi connectivity index (χ0) is 17.6. The second-order valence-corrected chi connectivity index (χ2v) is 8.68. The van der Waals surface area contributed by atoms with Gasteiger partial charge in [0.1, 0.15) is 18.5 Å². The molecule has 4 nitrogen and oxygen atoms in total. The molecule has 0 radical (unpaired) electrons. The average Bonchev–Trinajstić information content (AvgIpc) is 3.20. The van der Waals surface area contributed by atoms with Gasteiger partial charge >= 0.3 is 0 Å². The van der Waals surface area contributed by atoms with Crippen LogP contribution in [0, 0.1) is 6.92 Å². The van der Waals surface area contributed by atoms with Gasteiger partial charge in [-0.2, -0.15) is 8.42 Å². The summed E-state index contributed by atoms with van der Waals surface area (Å²) in [4.78, 5) is 0.164. The predicted molar refractivity (Wildman–Crippen MR) is 95.9 cm³/mol. The normalized spacial score (nSPS) is 18.7. The van der Waals surface area contributed by atoms with Gasteiger partial charge in [-0.3, -0.25) is 4.18 Å². The first-order valence-electron chi connectivity index (χ1n) is 8.40. The van der Waals surface area contributed by atoms with E-state index in [4.69, 9.17) is 20.5 Å². The minimum atomic E-state index is -3.78. The first-order chi connectivity index (χ1) is 11.9. The van der Waals surface area contributed by atoms with Crippen molar-refractivity contribution >= 4 is 21.7 Å². The summed E-state index contributed by atoms with van der Waals surface area (Å²) >= 11 is 6.36. The molecule has 132 valence electrons. The van der Waals surface area contributed by atoms with E-state index in [0.717, 1.165) is 41.2 Å². The predicted octanol–water partition coefficient (Wildman–Crippen LogP) is 3.85. The third-order valence-electron chi connectivity index (χ3n) is 4.82. The Morgan fingerprint density at radius 3 is 2.68 bits per heavy atom. The molecule has 2 aliphatic rings. The number of halogens is 1. The Hall–Kier alpha value is -1.56. The molecule has 1 unspecified atom stereocenters. The number of fused-ring (bicyclic) bond motifs is 3. The van der Waals surface area contributed by atoms with Crippen molar-refractivity contribution in [2.24, 2.45) is 0 Å². The average molecular weight is 379 g/mol. The van der Waals surface area contributed by atoms with Crippen LogP contribution in [0.5, 0.6) is 5.75 Å². The first kappa shape index (κ1) is 16.9. The third-order valence-corrected chi connectivity index (χ3v) is 6.46. The van der Waals surface area contributed by atoms with Crippen molar-refractivity contribution in [3.8, 4) is 5.75 Å². The molecular formula is C19H19ClO4S. The topological polar surface area (TPSA) is 52.6 Å². The molecular weight excluding hydrogens is 360 g/mol. The van der Waals surface area contributed by atoms with Gasteiger partial charge in [-0.25, -0.2) is 0 Å². The van der Waals surface area contributed by atoms with Crippen LogP contribution >= 0.6 is 11.6 Å². The highest BCUT2D eigenvalue weighted by molar-refractivity contribution is 7.86. The van der Waals surface area contributed by atoms with Crippen LogP contribution in [0.15, 0.2) is 35.2 Å². The zero-order valence-electron chi connectivity index (χ0n) is 13.9. The number of hydrogen-bond donors (Lipinski definition) is 0. The van der Waals surface area contributed by atoms with E-state index in [0.29, 0.717) is 6.42 Å². The first-order valence-corrected chi connectivity index (χ1v) is 10.2. The van der Waals surface area contributed by atoms with Gasteiger partial charge < -0.3 is 4.74 Å². The van der Waals surface area contributed by atoms with E-state index in [-0.39, 0.29) is 17.6 Å². The van der Waals surface area contributed by atoms with Crippen molar-refractivity contribution in [3.05, 3.63) is 57.6 Å². The van der Waals surface area contributed by atoms with E-state index in [2.05, 4.69) is 0 Å². The molecule has 0 saturated heterocycles. The molecule has 0 fully saturated rings. The Morgan fingerprint density at radius 1 is 1.20 bits per heavy atom. The van der Waals surface area contributed by atoms with Crippen LogP contribution < -0.4 is 4.74 Å². The fourth-order valence-corrected chi connectivity index (χ4v) is 4.82.